The third-order valence-corrected chi connectivity index (χ3v) is 5.22. The Bertz CT molecular complexity index is 807. The van der Waals surface area contributed by atoms with Crippen LogP contribution in [0, 0.1) is 0 Å². The first kappa shape index (κ1) is 24.8. The molecule has 0 aliphatic carbocycles. The highest BCUT2D eigenvalue weighted by Gasteiger charge is 2.09. The molecule has 10 heteroatoms. The molecule has 2 rings (SSSR count). The minimum Gasteiger partial charge on any atom is -0.492 e. The molecule has 0 heterocycles. The summed E-state index contributed by atoms with van der Waals surface area (Å²) in [5.41, 5.74) is 0. The Hall–Kier alpha value is -1.48. The number of carbonyl (C=O) groups excluding carboxylic acids is 2. The predicted octanol–water partition coefficient (Wildman–Crippen LogP) is 5.74. The monoisotopic (exact) mass is 582 g/mol. The van der Waals surface area contributed by atoms with Crippen molar-refractivity contribution in [2.45, 2.75) is 12.8 Å². The number of carbonyl (C=O) groups is 2. The third kappa shape index (κ3) is 8.34. The van der Waals surface area contributed by atoms with Gasteiger partial charge in [0.1, 0.15) is 34.8 Å². The van der Waals surface area contributed by atoms with Crippen LogP contribution in [0.3, 0.4) is 0 Å². The number of rotatable bonds is 11. The van der Waals surface area contributed by atoms with Gasteiger partial charge in [-0.1, -0.05) is 0 Å². The van der Waals surface area contributed by atoms with E-state index in [0.717, 1.165) is 12.8 Å². The third-order valence-electron chi connectivity index (χ3n) is 3.54. The summed E-state index contributed by atoms with van der Waals surface area (Å²) in [6.07, 6.45) is 1.55. The lowest BCUT2D eigenvalue weighted by Gasteiger charge is -2.11. The van der Waals surface area contributed by atoms with E-state index in [0.29, 0.717) is 45.2 Å². The highest BCUT2D eigenvalue weighted by atomic mass is 79.9. The van der Waals surface area contributed by atoms with Gasteiger partial charge in [-0.15, -0.1) is 23.2 Å². The van der Waals surface area contributed by atoms with Crippen LogP contribution in [0.15, 0.2) is 45.3 Å². The van der Waals surface area contributed by atoms with Crippen LogP contribution in [0.25, 0.3) is 0 Å². The normalized spacial score (nSPS) is 10.4. The summed E-state index contributed by atoms with van der Waals surface area (Å²) in [7, 11) is 0. The number of ether oxygens (including phenoxy) is 4. The largest absolute Gasteiger partial charge is 0.492 e. The number of alkyl halides is 2. The summed E-state index contributed by atoms with van der Waals surface area (Å²) in [6.45, 7) is 0.995. The molecule has 0 atom stereocenters. The summed E-state index contributed by atoms with van der Waals surface area (Å²) < 4.78 is 22.9. The molecular formula is C20H18Br2Cl2O6. The molecule has 30 heavy (non-hydrogen) atoms. The summed E-state index contributed by atoms with van der Waals surface area (Å²) in [6, 6.07) is 10.0. The lowest BCUT2D eigenvalue weighted by atomic mass is 10.3. The summed E-state index contributed by atoms with van der Waals surface area (Å²) >= 11 is 17.6. The minimum absolute atomic E-state index is 0.208. The van der Waals surface area contributed by atoms with Crippen molar-refractivity contribution in [2.24, 2.45) is 0 Å². The molecule has 0 aromatic heterocycles. The average Bonchev–Trinajstić information content (AvgIpc) is 2.73. The fourth-order valence-electron chi connectivity index (χ4n) is 2.21. The zero-order valence-electron chi connectivity index (χ0n) is 15.7. The average molecular weight is 585 g/mol. The van der Waals surface area contributed by atoms with E-state index in [1.807, 2.05) is 0 Å². The summed E-state index contributed by atoms with van der Waals surface area (Å²) in [5.74, 6) is 0.618. The van der Waals surface area contributed by atoms with Gasteiger partial charge in [0.2, 0.25) is 0 Å². The molecule has 0 fully saturated rings. The van der Waals surface area contributed by atoms with Gasteiger partial charge in [0.15, 0.2) is 0 Å². The van der Waals surface area contributed by atoms with Crippen LogP contribution >= 0.6 is 55.1 Å². The van der Waals surface area contributed by atoms with E-state index in [1.165, 1.54) is 0 Å². The van der Waals surface area contributed by atoms with E-state index in [4.69, 9.17) is 42.1 Å². The van der Waals surface area contributed by atoms with Gasteiger partial charge in [-0.25, -0.2) is 0 Å². The molecule has 0 saturated carbocycles. The molecule has 0 N–H and O–H groups in total. The Kier molecular flexibility index (Phi) is 10.8. The molecule has 2 aromatic carbocycles. The Labute approximate surface area is 201 Å². The van der Waals surface area contributed by atoms with Crippen molar-refractivity contribution in [3.63, 3.8) is 0 Å². The number of esters is 2. The molecule has 0 radical (unpaired) electrons. The van der Waals surface area contributed by atoms with E-state index >= 15 is 0 Å². The van der Waals surface area contributed by atoms with Crippen LogP contribution in [0.5, 0.6) is 23.0 Å². The maximum absolute atomic E-state index is 11.2. The molecule has 0 spiro atoms. The first-order valence-corrected chi connectivity index (χ1v) is 11.5. The summed E-state index contributed by atoms with van der Waals surface area (Å²) in [5, 5.41) is 0. The van der Waals surface area contributed by atoms with Gasteiger partial charge in [0.25, 0.3) is 0 Å². The molecule has 2 aromatic rings. The second-order valence-corrected chi connectivity index (χ2v) is 8.05. The maximum atomic E-state index is 11.2. The van der Waals surface area contributed by atoms with Crippen LogP contribution in [-0.4, -0.2) is 36.9 Å². The molecule has 0 saturated heterocycles. The number of hydrogen-bond donors (Lipinski definition) is 0. The van der Waals surface area contributed by atoms with Crippen molar-refractivity contribution in [1.29, 1.82) is 0 Å². The van der Waals surface area contributed by atoms with Crippen molar-refractivity contribution < 1.29 is 28.5 Å². The summed E-state index contributed by atoms with van der Waals surface area (Å²) in [4.78, 5) is 22.4. The predicted molar refractivity (Wildman–Crippen MR) is 121 cm³/mol. The molecule has 162 valence electrons. The van der Waals surface area contributed by atoms with Gasteiger partial charge in [-0.2, -0.15) is 0 Å². The molecular weight excluding hydrogens is 567 g/mol. The Morgan fingerprint density at radius 2 is 1.13 bits per heavy atom. The molecule has 0 aliphatic rings. The molecule has 0 aliphatic heterocycles. The fourth-order valence-corrected chi connectivity index (χ4v) is 3.26. The topological polar surface area (TPSA) is 71.1 Å². The highest BCUT2D eigenvalue weighted by Crippen LogP contribution is 2.30. The van der Waals surface area contributed by atoms with E-state index in [9.17, 15) is 9.59 Å². The molecule has 0 amide bonds. The van der Waals surface area contributed by atoms with Crippen molar-refractivity contribution >= 4 is 67.0 Å². The van der Waals surface area contributed by atoms with Crippen LogP contribution < -0.4 is 18.9 Å². The Balaban J connectivity index is 1.71. The SMILES string of the molecule is O=C(CCl)Oc1ccc(OCCCCOc2ccc(OC(=O)CCl)cc2Br)c(Br)c1. The van der Waals surface area contributed by atoms with Crippen LogP contribution in [0.4, 0.5) is 0 Å². The lowest BCUT2D eigenvalue weighted by Crippen LogP contribution is -2.09. The van der Waals surface area contributed by atoms with E-state index < -0.39 is 11.9 Å². The molecule has 0 bridgehead atoms. The first-order valence-electron chi connectivity index (χ1n) is 8.81. The number of benzene rings is 2. The van der Waals surface area contributed by atoms with Crippen molar-refractivity contribution in [2.75, 3.05) is 25.0 Å². The Morgan fingerprint density at radius 1 is 0.733 bits per heavy atom. The van der Waals surface area contributed by atoms with Crippen molar-refractivity contribution in [1.82, 2.24) is 0 Å². The van der Waals surface area contributed by atoms with E-state index in [1.54, 1.807) is 36.4 Å². The zero-order valence-corrected chi connectivity index (χ0v) is 20.4. The standard InChI is InChI=1S/C20H18Br2Cl2O6/c21-15-9-13(29-19(25)11-23)3-5-17(15)27-7-1-2-8-28-18-6-4-14(10-16(18)22)30-20(26)12-24/h3-6,9-10H,1-2,7-8,11-12H2. The van der Waals surface area contributed by atoms with Crippen LogP contribution in [-0.2, 0) is 9.59 Å². The second-order valence-electron chi connectivity index (χ2n) is 5.80. The maximum Gasteiger partial charge on any atom is 0.326 e. The van der Waals surface area contributed by atoms with Gasteiger partial charge < -0.3 is 18.9 Å². The fraction of sp³-hybridized carbons (Fsp3) is 0.300. The van der Waals surface area contributed by atoms with Crippen molar-refractivity contribution in [3.05, 3.63) is 45.3 Å². The van der Waals surface area contributed by atoms with Gasteiger partial charge in [-0.3, -0.25) is 9.59 Å². The van der Waals surface area contributed by atoms with Gasteiger partial charge >= 0.3 is 11.9 Å². The van der Waals surface area contributed by atoms with Gasteiger partial charge in [-0.05, 0) is 81.1 Å². The Morgan fingerprint density at radius 3 is 1.47 bits per heavy atom. The second kappa shape index (κ2) is 13.0. The van der Waals surface area contributed by atoms with E-state index in [-0.39, 0.29) is 11.8 Å². The van der Waals surface area contributed by atoms with E-state index in [2.05, 4.69) is 31.9 Å². The smallest absolute Gasteiger partial charge is 0.326 e. The highest BCUT2D eigenvalue weighted by molar-refractivity contribution is 9.10. The quantitative estimate of drug-likeness (QED) is 0.145. The number of hydrogen-bond acceptors (Lipinski definition) is 6. The van der Waals surface area contributed by atoms with Crippen molar-refractivity contribution in [3.8, 4) is 23.0 Å². The minimum atomic E-state index is -0.519. The molecule has 6 nitrogen and oxygen atoms in total. The first-order chi connectivity index (χ1) is 14.4. The van der Waals surface area contributed by atoms with Gasteiger partial charge in [0, 0.05) is 0 Å². The molecule has 0 unspecified atom stereocenters. The van der Waals surface area contributed by atoms with Crippen LogP contribution in [0.2, 0.25) is 0 Å². The van der Waals surface area contributed by atoms with Gasteiger partial charge in [0.05, 0.1) is 22.2 Å². The zero-order chi connectivity index (χ0) is 21.9. The number of halogens is 4. The van der Waals surface area contributed by atoms with Crippen LogP contribution in [0.1, 0.15) is 12.8 Å². The lowest BCUT2D eigenvalue weighted by molar-refractivity contribution is -0.132. The number of unbranched alkanes of at least 4 members (excludes halogenated alkanes) is 1.